The highest BCUT2D eigenvalue weighted by Crippen LogP contribution is 2.20. The maximum absolute atomic E-state index is 13.4. The molecular weight excluding hydrogens is 183 g/mol. The summed E-state index contributed by atoms with van der Waals surface area (Å²) in [5.74, 6) is -0.390. The summed E-state index contributed by atoms with van der Waals surface area (Å²) in [5.41, 5.74) is 0.512. The molecule has 1 rings (SSSR count). The third-order valence-electron chi connectivity index (χ3n) is 2.03. The molecule has 0 saturated heterocycles. The average molecular weight is 196 g/mol. The largest absolute Gasteiger partial charge is 0.480 e. The second-order valence-electron chi connectivity index (χ2n) is 3.26. The summed E-state index contributed by atoms with van der Waals surface area (Å²) in [6, 6.07) is 4.86. The Morgan fingerprint density at radius 2 is 2.14 bits per heavy atom. The number of carbonyl (C=O) groups is 1. The second kappa shape index (κ2) is 4.22. The molecule has 1 unspecified atom stereocenters. The van der Waals surface area contributed by atoms with Gasteiger partial charge in [0, 0.05) is 0 Å². The molecule has 0 amide bonds. The summed E-state index contributed by atoms with van der Waals surface area (Å²) in [6.45, 7) is 4.67. The molecule has 0 bridgehead atoms. The normalized spacial score (nSPS) is 12.3. The van der Waals surface area contributed by atoms with Gasteiger partial charge in [-0.05, 0) is 32.4 Å². The van der Waals surface area contributed by atoms with Crippen molar-refractivity contribution in [2.45, 2.75) is 26.9 Å². The molecule has 0 saturated carbocycles. The van der Waals surface area contributed by atoms with Crippen molar-refractivity contribution in [1.29, 1.82) is 0 Å². The molecule has 0 spiro atoms. The van der Waals surface area contributed by atoms with Crippen molar-refractivity contribution < 1.29 is 13.9 Å². The predicted octanol–water partition coefficient (Wildman–Crippen LogP) is 2.49. The van der Waals surface area contributed by atoms with Crippen LogP contribution < -0.4 is 4.74 Å². The van der Waals surface area contributed by atoms with Crippen LogP contribution in [0.5, 0.6) is 5.75 Å². The SMILES string of the molecule is CC(=O)C(C)Oc1cccc(C)c1F. The van der Waals surface area contributed by atoms with E-state index >= 15 is 0 Å². The van der Waals surface area contributed by atoms with Crippen molar-refractivity contribution in [2.24, 2.45) is 0 Å². The van der Waals surface area contributed by atoms with E-state index in [-0.39, 0.29) is 11.5 Å². The number of benzene rings is 1. The van der Waals surface area contributed by atoms with E-state index in [4.69, 9.17) is 4.74 Å². The number of ketones is 1. The molecule has 0 aliphatic heterocycles. The first-order valence-corrected chi connectivity index (χ1v) is 4.44. The van der Waals surface area contributed by atoms with Crippen LogP contribution in [0.4, 0.5) is 4.39 Å². The molecular formula is C11H13FO2. The van der Waals surface area contributed by atoms with Gasteiger partial charge in [0.2, 0.25) is 0 Å². The Labute approximate surface area is 82.7 Å². The highest BCUT2D eigenvalue weighted by atomic mass is 19.1. The number of hydrogen-bond donors (Lipinski definition) is 0. The van der Waals surface area contributed by atoms with Crippen LogP contribution >= 0.6 is 0 Å². The summed E-state index contributed by atoms with van der Waals surface area (Å²) < 4.78 is 18.6. The summed E-state index contributed by atoms with van der Waals surface area (Å²) >= 11 is 0. The maximum atomic E-state index is 13.4. The van der Waals surface area contributed by atoms with Crippen LogP contribution in [0.25, 0.3) is 0 Å². The molecule has 0 aliphatic carbocycles. The molecule has 1 aromatic rings. The van der Waals surface area contributed by atoms with Gasteiger partial charge in [-0.15, -0.1) is 0 Å². The number of halogens is 1. The van der Waals surface area contributed by atoms with Gasteiger partial charge in [0.15, 0.2) is 23.5 Å². The topological polar surface area (TPSA) is 26.3 Å². The van der Waals surface area contributed by atoms with Crippen molar-refractivity contribution in [3.8, 4) is 5.75 Å². The van der Waals surface area contributed by atoms with Crippen LogP contribution in [0, 0.1) is 12.7 Å². The summed E-state index contributed by atoms with van der Waals surface area (Å²) in [7, 11) is 0. The highest BCUT2D eigenvalue weighted by molar-refractivity contribution is 5.80. The van der Waals surface area contributed by atoms with Crippen molar-refractivity contribution in [1.82, 2.24) is 0 Å². The molecule has 0 radical (unpaired) electrons. The lowest BCUT2D eigenvalue weighted by atomic mass is 10.2. The third-order valence-corrected chi connectivity index (χ3v) is 2.03. The van der Waals surface area contributed by atoms with Gasteiger partial charge in [0.1, 0.15) is 0 Å². The fourth-order valence-corrected chi connectivity index (χ4v) is 0.985. The number of hydrogen-bond acceptors (Lipinski definition) is 2. The molecule has 1 atom stereocenters. The minimum absolute atomic E-state index is 0.120. The van der Waals surface area contributed by atoms with E-state index in [2.05, 4.69) is 0 Å². The monoisotopic (exact) mass is 196 g/mol. The van der Waals surface area contributed by atoms with Crippen molar-refractivity contribution in [3.05, 3.63) is 29.6 Å². The minimum atomic E-state index is -0.605. The minimum Gasteiger partial charge on any atom is -0.480 e. The summed E-state index contributed by atoms with van der Waals surface area (Å²) in [5, 5.41) is 0. The molecule has 0 aromatic heterocycles. The molecule has 0 heterocycles. The summed E-state index contributed by atoms with van der Waals surface area (Å²) in [4.78, 5) is 10.9. The first-order valence-electron chi connectivity index (χ1n) is 4.44. The smallest absolute Gasteiger partial charge is 0.169 e. The Morgan fingerprint density at radius 1 is 1.50 bits per heavy atom. The van der Waals surface area contributed by atoms with Gasteiger partial charge in [-0.3, -0.25) is 4.79 Å². The molecule has 1 aromatic carbocycles. The lowest BCUT2D eigenvalue weighted by molar-refractivity contribution is -0.122. The van der Waals surface area contributed by atoms with Gasteiger partial charge < -0.3 is 4.74 Å². The maximum Gasteiger partial charge on any atom is 0.169 e. The van der Waals surface area contributed by atoms with Gasteiger partial charge >= 0.3 is 0 Å². The Bertz CT molecular complexity index is 347. The Hall–Kier alpha value is -1.38. The third kappa shape index (κ3) is 2.31. The lowest BCUT2D eigenvalue weighted by Crippen LogP contribution is -2.21. The van der Waals surface area contributed by atoms with Gasteiger partial charge in [0.25, 0.3) is 0 Å². The molecule has 14 heavy (non-hydrogen) atoms. The van der Waals surface area contributed by atoms with Crippen molar-refractivity contribution in [2.75, 3.05) is 0 Å². The second-order valence-corrected chi connectivity index (χ2v) is 3.26. The van der Waals surface area contributed by atoms with E-state index in [1.54, 1.807) is 26.0 Å². The van der Waals surface area contributed by atoms with Crippen LogP contribution in [0.3, 0.4) is 0 Å². The molecule has 0 aliphatic rings. The van der Waals surface area contributed by atoms with E-state index in [9.17, 15) is 9.18 Å². The fraction of sp³-hybridized carbons (Fsp3) is 0.364. The van der Waals surface area contributed by atoms with Crippen LogP contribution in [-0.2, 0) is 4.79 Å². The molecule has 0 fully saturated rings. The zero-order chi connectivity index (χ0) is 10.7. The number of Topliss-reactive ketones (excluding diaryl/α,β-unsaturated/α-hetero) is 1. The van der Waals surface area contributed by atoms with Crippen LogP contribution in [0.15, 0.2) is 18.2 Å². The number of carbonyl (C=O) groups excluding carboxylic acids is 1. The van der Waals surface area contributed by atoms with Gasteiger partial charge in [-0.1, -0.05) is 12.1 Å². The standard InChI is InChI=1S/C11H13FO2/c1-7-5-4-6-10(11(7)12)14-9(3)8(2)13/h4-6,9H,1-3H3. The zero-order valence-electron chi connectivity index (χ0n) is 8.50. The van der Waals surface area contributed by atoms with E-state index in [1.807, 2.05) is 0 Å². The Kier molecular flexibility index (Phi) is 3.23. The number of rotatable bonds is 3. The number of aryl methyl sites for hydroxylation is 1. The first-order chi connectivity index (χ1) is 6.52. The Morgan fingerprint density at radius 3 is 2.71 bits per heavy atom. The van der Waals surface area contributed by atoms with Crippen LogP contribution in [-0.4, -0.2) is 11.9 Å². The Balaban J connectivity index is 2.87. The van der Waals surface area contributed by atoms with Gasteiger partial charge in [-0.2, -0.15) is 0 Å². The van der Waals surface area contributed by atoms with Crippen LogP contribution in [0.2, 0.25) is 0 Å². The van der Waals surface area contributed by atoms with E-state index in [0.717, 1.165) is 0 Å². The average Bonchev–Trinajstić information content (AvgIpc) is 2.12. The number of ether oxygens (including phenoxy) is 1. The fourth-order valence-electron chi connectivity index (χ4n) is 0.985. The molecule has 3 heteroatoms. The van der Waals surface area contributed by atoms with Gasteiger partial charge in [-0.25, -0.2) is 4.39 Å². The van der Waals surface area contributed by atoms with Crippen LogP contribution in [0.1, 0.15) is 19.4 Å². The quantitative estimate of drug-likeness (QED) is 0.742. The van der Waals surface area contributed by atoms with Crippen molar-refractivity contribution in [3.63, 3.8) is 0 Å². The van der Waals surface area contributed by atoms with Crippen molar-refractivity contribution >= 4 is 5.78 Å². The van der Waals surface area contributed by atoms with E-state index in [0.29, 0.717) is 5.56 Å². The zero-order valence-corrected chi connectivity index (χ0v) is 8.50. The van der Waals surface area contributed by atoms with E-state index in [1.165, 1.54) is 13.0 Å². The highest BCUT2D eigenvalue weighted by Gasteiger charge is 2.12. The van der Waals surface area contributed by atoms with Gasteiger partial charge in [0.05, 0.1) is 0 Å². The summed E-state index contributed by atoms with van der Waals surface area (Å²) in [6.07, 6.45) is -0.605. The molecule has 2 nitrogen and oxygen atoms in total. The predicted molar refractivity (Wildman–Crippen MR) is 51.9 cm³/mol. The first kappa shape index (κ1) is 10.7. The molecule has 0 N–H and O–H groups in total. The van der Waals surface area contributed by atoms with E-state index < -0.39 is 11.9 Å². The molecule has 76 valence electrons. The lowest BCUT2D eigenvalue weighted by Gasteiger charge is -2.12.